The Morgan fingerprint density at radius 2 is 1.80 bits per heavy atom. The average Bonchev–Trinajstić information content (AvgIpc) is 2.50. The number of nitrogens with one attached hydrogen (secondary N) is 1. The summed E-state index contributed by atoms with van der Waals surface area (Å²) in [6, 6.07) is 15.3. The van der Waals surface area contributed by atoms with Gasteiger partial charge in [-0.3, -0.25) is 0 Å². The lowest BCUT2D eigenvalue weighted by Gasteiger charge is -2.28. The summed E-state index contributed by atoms with van der Waals surface area (Å²) >= 11 is 0. The van der Waals surface area contributed by atoms with Crippen LogP contribution < -0.4 is 5.32 Å². The summed E-state index contributed by atoms with van der Waals surface area (Å²) in [6.45, 7) is 5.30. The lowest BCUT2D eigenvalue weighted by atomic mass is 9.93. The number of likely N-dealkylation sites (N-methyl/N-ethyl adjacent to an activating group) is 1. The highest BCUT2D eigenvalue weighted by Crippen LogP contribution is 2.29. The van der Waals surface area contributed by atoms with E-state index in [0.717, 1.165) is 19.4 Å². The van der Waals surface area contributed by atoms with Crippen LogP contribution in [0.25, 0.3) is 10.8 Å². The van der Waals surface area contributed by atoms with Gasteiger partial charge in [-0.05, 0) is 29.3 Å². The molecular weight excluding hydrogens is 246 g/mol. The summed E-state index contributed by atoms with van der Waals surface area (Å²) in [6.07, 6.45) is 2.41. The molecule has 0 spiro atoms. The molecule has 2 aromatic carbocycles. The Kier molecular flexibility index (Phi) is 5.57. The monoisotopic (exact) mass is 271 g/mol. The maximum Gasteiger partial charge on any atom is 0.0766 e. The third-order valence-corrected chi connectivity index (χ3v) is 3.83. The molecule has 0 radical (unpaired) electrons. The van der Waals surface area contributed by atoms with Crippen LogP contribution in [0.3, 0.4) is 0 Å². The van der Waals surface area contributed by atoms with Crippen LogP contribution >= 0.6 is 0 Å². The number of fused-ring (bicyclic) bond motifs is 1. The van der Waals surface area contributed by atoms with Crippen molar-refractivity contribution >= 4 is 10.8 Å². The van der Waals surface area contributed by atoms with Crippen molar-refractivity contribution in [2.24, 2.45) is 0 Å². The van der Waals surface area contributed by atoms with Crippen LogP contribution in [0.15, 0.2) is 42.5 Å². The first kappa shape index (κ1) is 15.0. The van der Waals surface area contributed by atoms with Crippen molar-refractivity contribution in [2.75, 3.05) is 13.7 Å². The SMILES string of the molecule is CCCC(OC)C(NCC)c1cccc2ccccc12. The van der Waals surface area contributed by atoms with Gasteiger partial charge in [0.1, 0.15) is 0 Å². The van der Waals surface area contributed by atoms with Crippen LogP contribution in [0.1, 0.15) is 38.3 Å². The fourth-order valence-corrected chi connectivity index (χ4v) is 2.89. The van der Waals surface area contributed by atoms with Gasteiger partial charge in [0.05, 0.1) is 12.1 Å². The maximum absolute atomic E-state index is 5.75. The Morgan fingerprint density at radius 1 is 1.05 bits per heavy atom. The molecular formula is C18H25NO. The molecule has 0 saturated heterocycles. The lowest BCUT2D eigenvalue weighted by Crippen LogP contribution is -2.33. The predicted molar refractivity (Wildman–Crippen MR) is 86.1 cm³/mol. The lowest BCUT2D eigenvalue weighted by molar-refractivity contribution is 0.0615. The molecule has 0 fully saturated rings. The molecule has 2 rings (SSSR count). The van der Waals surface area contributed by atoms with E-state index >= 15 is 0 Å². The summed E-state index contributed by atoms with van der Waals surface area (Å²) < 4.78 is 5.75. The van der Waals surface area contributed by atoms with Crippen molar-refractivity contribution in [3.8, 4) is 0 Å². The Bertz CT molecular complexity index is 532. The summed E-state index contributed by atoms with van der Waals surface area (Å²) in [5.74, 6) is 0. The number of methoxy groups -OCH3 is 1. The second kappa shape index (κ2) is 7.41. The fourth-order valence-electron chi connectivity index (χ4n) is 2.89. The summed E-state index contributed by atoms with van der Waals surface area (Å²) in [7, 11) is 1.82. The van der Waals surface area contributed by atoms with Crippen molar-refractivity contribution in [1.82, 2.24) is 5.32 Å². The molecule has 0 amide bonds. The zero-order valence-corrected chi connectivity index (χ0v) is 12.7. The number of rotatable bonds is 7. The van der Waals surface area contributed by atoms with Crippen LogP contribution in [-0.4, -0.2) is 19.8 Å². The third-order valence-electron chi connectivity index (χ3n) is 3.83. The van der Waals surface area contributed by atoms with E-state index in [2.05, 4.69) is 61.6 Å². The van der Waals surface area contributed by atoms with Gasteiger partial charge < -0.3 is 10.1 Å². The summed E-state index contributed by atoms with van der Waals surface area (Å²) in [5, 5.41) is 6.21. The van der Waals surface area contributed by atoms with Gasteiger partial charge in [-0.25, -0.2) is 0 Å². The van der Waals surface area contributed by atoms with Crippen molar-refractivity contribution in [3.05, 3.63) is 48.0 Å². The normalized spacial score (nSPS) is 14.3. The van der Waals surface area contributed by atoms with E-state index in [0.29, 0.717) is 0 Å². The molecule has 2 aromatic rings. The average molecular weight is 271 g/mol. The highest BCUT2D eigenvalue weighted by atomic mass is 16.5. The van der Waals surface area contributed by atoms with E-state index in [1.54, 1.807) is 0 Å². The molecule has 2 nitrogen and oxygen atoms in total. The molecule has 2 unspecified atom stereocenters. The van der Waals surface area contributed by atoms with E-state index in [-0.39, 0.29) is 12.1 Å². The number of benzene rings is 2. The Balaban J connectivity index is 2.45. The van der Waals surface area contributed by atoms with Gasteiger partial charge in [0.15, 0.2) is 0 Å². The molecule has 2 atom stereocenters. The minimum Gasteiger partial charge on any atom is -0.379 e. The Morgan fingerprint density at radius 3 is 2.50 bits per heavy atom. The first-order chi connectivity index (χ1) is 9.81. The van der Waals surface area contributed by atoms with Gasteiger partial charge in [-0.15, -0.1) is 0 Å². The summed E-state index contributed by atoms with van der Waals surface area (Å²) in [4.78, 5) is 0. The Labute approximate surface area is 122 Å². The second-order valence-electron chi connectivity index (χ2n) is 5.17. The van der Waals surface area contributed by atoms with E-state index in [1.807, 2.05) is 7.11 Å². The first-order valence-corrected chi connectivity index (χ1v) is 7.55. The van der Waals surface area contributed by atoms with Crippen LogP contribution in [0.5, 0.6) is 0 Å². The van der Waals surface area contributed by atoms with Gasteiger partial charge >= 0.3 is 0 Å². The van der Waals surface area contributed by atoms with Crippen LogP contribution in [0, 0.1) is 0 Å². The predicted octanol–water partition coefficient (Wildman–Crippen LogP) is 4.31. The zero-order valence-electron chi connectivity index (χ0n) is 12.7. The van der Waals surface area contributed by atoms with Crippen LogP contribution in [0.2, 0.25) is 0 Å². The van der Waals surface area contributed by atoms with Crippen molar-refractivity contribution in [3.63, 3.8) is 0 Å². The standard InChI is InChI=1S/C18H25NO/c1-4-9-17(20-3)18(19-5-2)16-13-8-11-14-10-6-7-12-15(14)16/h6-8,10-13,17-19H,4-5,9H2,1-3H3. The zero-order chi connectivity index (χ0) is 14.4. The van der Waals surface area contributed by atoms with Crippen LogP contribution in [0.4, 0.5) is 0 Å². The smallest absolute Gasteiger partial charge is 0.0766 e. The third kappa shape index (κ3) is 3.20. The highest BCUT2D eigenvalue weighted by Gasteiger charge is 2.22. The van der Waals surface area contributed by atoms with E-state index < -0.39 is 0 Å². The minimum absolute atomic E-state index is 0.214. The molecule has 0 aromatic heterocycles. The number of hydrogen-bond donors (Lipinski definition) is 1. The molecule has 0 aliphatic carbocycles. The molecule has 0 aliphatic rings. The quantitative estimate of drug-likeness (QED) is 0.810. The second-order valence-corrected chi connectivity index (χ2v) is 5.17. The minimum atomic E-state index is 0.214. The van der Waals surface area contributed by atoms with Crippen molar-refractivity contribution in [1.29, 1.82) is 0 Å². The summed E-state index contributed by atoms with van der Waals surface area (Å²) in [5.41, 5.74) is 1.34. The maximum atomic E-state index is 5.75. The van der Waals surface area contributed by atoms with Gasteiger partial charge in [0.25, 0.3) is 0 Å². The fraction of sp³-hybridized carbons (Fsp3) is 0.444. The topological polar surface area (TPSA) is 21.3 Å². The van der Waals surface area contributed by atoms with Gasteiger partial charge in [-0.1, -0.05) is 62.7 Å². The molecule has 108 valence electrons. The van der Waals surface area contributed by atoms with Gasteiger partial charge in [-0.2, -0.15) is 0 Å². The van der Waals surface area contributed by atoms with Crippen LogP contribution in [-0.2, 0) is 4.74 Å². The molecule has 1 N–H and O–H groups in total. The molecule has 0 aliphatic heterocycles. The number of hydrogen-bond acceptors (Lipinski definition) is 2. The molecule has 0 bridgehead atoms. The van der Waals surface area contributed by atoms with Gasteiger partial charge in [0.2, 0.25) is 0 Å². The highest BCUT2D eigenvalue weighted by molar-refractivity contribution is 5.86. The van der Waals surface area contributed by atoms with E-state index in [1.165, 1.54) is 16.3 Å². The van der Waals surface area contributed by atoms with Gasteiger partial charge in [0, 0.05) is 7.11 Å². The largest absolute Gasteiger partial charge is 0.379 e. The van der Waals surface area contributed by atoms with Crippen molar-refractivity contribution in [2.45, 2.75) is 38.8 Å². The van der Waals surface area contributed by atoms with E-state index in [4.69, 9.17) is 4.74 Å². The number of ether oxygens (including phenoxy) is 1. The molecule has 0 saturated carbocycles. The Hall–Kier alpha value is -1.38. The molecule has 0 heterocycles. The van der Waals surface area contributed by atoms with Crippen molar-refractivity contribution < 1.29 is 4.74 Å². The first-order valence-electron chi connectivity index (χ1n) is 7.55. The molecule has 2 heteroatoms. The van der Waals surface area contributed by atoms with E-state index in [9.17, 15) is 0 Å². The molecule has 20 heavy (non-hydrogen) atoms.